The summed E-state index contributed by atoms with van der Waals surface area (Å²) in [6, 6.07) is 6.61. The van der Waals surface area contributed by atoms with Gasteiger partial charge < -0.3 is 5.32 Å². The van der Waals surface area contributed by atoms with E-state index in [1.165, 1.54) is 12.1 Å². The van der Waals surface area contributed by atoms with Crippen molar-refractivity contribution in [1.82, 2.24) is 10.0 Å². The highest BCUT2D eigenvalue weighted by Crippen LogP contribution is 2.18. The van der Waals surface area contributed by atoms with Crippen molar-refractivity contribution in [3.63, 3.8) is 0 Å². The summed E-state index contributed by atoms with van der Waals surface area (Å²) in [6.45, 7) is 2.52. The van der Waals surface area contributed by atoms with E-state index < -0.39 is 15.3 Å². The minimum absolute atomic E-state index is 0.283. The number of rotatable bonds is 8. The fraction of sp³-hybridized carbons (Fsp3) is 0.571. The lowest BCUT2D eigenvalue weighted by molar-refractivity contribution is 0.557. The summed E-state index contributed by atoms with van der Waals surface area (Å²) >= 11 is 0. The quantitative estimate of drug-likeness (QED) is 0.763. The zero-order chi connectivity index (χ0) is 14.6. The standard InChI is InChI=1S/C14H21FN2O2S/c1-11(10-16-14-6-7-14)20(18,19)17-9-8-12-2-4-13(15)5-3-12/h2-5,11,14,16-17H,6-10H2,1H3. The molecule has 1 saturated carbocycles. The number of sulfonamides is 1. The molecule has 1 aliphatic rings. The van der Waals surface area contributed by atoms with Gasteiger partial charge in [0.05, 0.1) is 5.25 Å². The molecule has 1 atom stereocenters. The Kier molecular flexibility index (Phi) is 5.12. The molecule has 112 valence electrons. The van der Waals surface area contributed by atoms with Crippen LogP contribution in [0.2, 0.25) is 0 Å². The van der Waals surface area contributed by atoms with Gasteiger partial charge in [-0.1, -0.05) is 12.1 Å². The Balaban J connectivity index is 1.74. The highest BCUT2D eigenvalue weighted by Gasteiger charge is 2.25. The third-order valence-electron chi connectivity index (χ3n) is 3.43. The maximum atomic E-state index is 12.7. The topological polar surface area (TPSA) is 58.2 Å². The van der Waals surface area contributed by atoms with Crippen molar-refractivity contribution in [2.75, 3.05) is 13.1 Å². The number of hydrogen-bond acceptors (Lipinski definition) is 3. The van der Waals surface area contributed by atoms with Gasteiger partial charge in [-0.15, -0.1) is 0 Å². The maximum absolute atomic E-state index is 12.7. The van der Waals surface area contributed by atoms with Crippen LogP contribution in [0.15, 0.2) is 24.3 Å². The lowest BCUT2D eigenvalue weighted by Crippen LogP contribution is -2.40. The molecule has 0 spiro atoms. The molecular formula is C14H21FN2O2S. The van der Waals surface area contributed by atoms with Crippen LogP contribution in [0.5, 0.6) is 0 Å². The predicted molar refractivity (Wildman–Crippen MR) is 77.5 cm³/mol. The molecule has 1 fully saturated rings. The van der Waals surface area contributed by atoms with Crippen molar-refractivity contribution >= 4 is 10.0 Å². The van der Waals surface area contributed by atoms with Crippen LogP contribution in [0.4, 0.5) is 4.39 Å². The van der Waals surface area contributed by atoms with E-state index in [-0.39, 0.29) is 5.82 Å². The molecule has 6 heteroatoms. The molecule has 4 nitrogen and oxygen atoms in total. The molecule has 1 aromatic carbocycles. The van der Waals surface area contributed by atoms with Gasteiger partial charge in [-0.05, 0) is 43.9 Å². The molecule has 0 amide bonds. The highest BCUT2D eigenvalue weighted by molar-refractivity contribution is 7.90. The molecular weight excluding hydrogens is 279 g/mol. The number of hydrogen-bond donors (Lipinski definition) is 2. The van der Waals surface area contributed by atoms with Crippen molar-refractivity contribution in [2.24, 2.45) is 0 Å². The first kappa shape index (κ1) is 15.4. The minimum Gasteiger partial charge on any atom is -0.313 e. The fourth-order valence-electron chi connectivity index (χ4n) is 1.86. The lowest BCUT2D eigenvalue weighted by Gasteiger charge is -2.14. The van der Waals surface area contributed by atoms with Gasteiger partial charge >= 0.3 is 0 Å². The lowest BCUT2D eigenvalue weighted by atomic mass is 10.1. The van der Waals surface area contributed by atoms with Gasteiger partial charge in [0.25, 0.3) is 0 Å². The molecule has 0 aromatic heterocycles. The average molecular weight is 300 g/mol. The van der Waals surface area contributed by atoms with E-state index in [9.17, 15) is 12.8 Å². The zero-order valence-electron chi connectivity index (χ0n) is 11.6. The van der Waals surface area contributed by atoms with Crippen LogP contribution in [0, 0.1) is 5.82 Å². The largest absolute Gasteiger partial charge is 0.313 e. The van der Waals surface area contributed by atoms with Gasteiger partial charge in [-0.2, -0.15) is 0 Å². The minimum atomic E-state index is -3.29. The Bertz CT molecular complexity index is 527. The molecule has 1 aliphatic carbocycles. The third kappa shape index (κ3) is 4.85. The predicted octanol–water partition coefficient (Wildman–Crippen LogP) is 1.43. The van der Waals surface area contributed by atoms with Crippen molar-refractivity contribution in [3.8, 4) is 0 Å². The average Bonchev–Trinajstić information content (AvgIpc) is 3.22. The number of halogens is 1. The molecule has 0 radical (unpaired) electrons. The van der Waals surface area contributed by atoms with Crippen molar-refractivity contribution in [2.45, 2.75) is 37.5 Å². The summed E-state index contributed by atoms with van der Waals surface area (Å²) < 4.78 is 39.3. The van der Waals surface area contributed by atoms with Gasteiger partial charge in [0.2, 0.25) is 10.0 Å². The summed E-state index contributed by atoms with van der Waals surface area (Å²) in [5.74, 6) is -0.283. The molecule has 1 aromatic rings. The summed E-state index contributed by atoms with van der Waals surface area (Å²) in [4.78, 5) is 0. The molecule has 0 saturated heterocycles. The van der Waals surface area contributed by atoms with Crippen LogP contribution in [0.25, 0.3) is 0 Å². The Hall–Kier alpha value is -0.980. The van der Waals surface area contributed by atoms with Gasteiger partial charge in [-0.25, -0.2) is 17.5 Å². The SMILES string of the molecule is CC(CNC1CC1)S(=O)(=O)NCCc1ccc(F)cc1. The Labute approximate surface area is 119 Å². The van der Waals surface area contributed by atoms with Crippen LogP contribution >= 0.6 is 0 Å². The van der Waals surface area contributed by atoms with E-state index in [2.05, 4.69) is 10.0 Å². The molecule has 2 rings (SSSR count). The van der Waals surface area contributed by atoms with Crippen LogP contribution in [0.3, 0.4) is 0 Å². The van der Waals surface area contributed by atoms with Gasteiger partial charge in [0.1, 0.15) is 5.82 Å². The Morgan fingerprint density at radius 2 is 1.95 bits per heavy atom. The summed E-state index contributed by atoms with van der Waals surface area (Å²) in [6.07, 6.45) is 2.85. The van der Waals surface area contributed by atoms with E-state index in [0.29, 0.717) is 25.6 Å². The van der Waals surface area contributed by atoms with E-state index in [1.807, 2.05) is 0 Å². The maximum Gasteiger partial charge on any atom is 0.215 e. The Morgan fingerprint density at radius 3 is 2.55 bits per heavy atom. The molecule has 1 unspecified atom stereocenters. The molecule has 0 heterocycles. The third-order valence-corrected chi connectivity index (χ3v) is 5.26. The summed E-state index contributed by atoms with van der Waals surface area (Å²) in [7, 11) is -3.29. The first-order chi connectivity index (χ1) is 9.47. The van der Waals surface area contributed by atoms with Crippen molar-refractivity contribution in [3.05, 3.63) is 35.6 Å². The molecule has 2 N–H and O–H groups in total. The van der Waals surface area contributed by atoms with Gasteiger partial charge in [-0.3, -0.25) is 0 Å². The Morgan fingerprint density at radius 1 is 1.30 bits per heavy atom. The molecule has 0 bridgehead atoms. The van der Waals surface area contributed by atoms with E-state index in [4.69, 9.17) is 0 Å². The normalized spacial score (nSPS) is 17.1. The van der Waals surface area contributed by atoms with Crippen molar-refractivity contribution < 1.29 is 12.8 Å². The van der Waals surface area contributed by atoms with E-state index >= 15 is 0 Å². The second-order valence-corrected chi connectivity index (χ2v) is 7.49. The number of benzene rings is 1. The van der Waals surface area contributed by atoms with E-state index in [0.717, 1.165) is 18.4 Å². The zero-order valence-corrected chi connectivity index (χ0v) is 12.4. The smallest absolute Gasteiger partial charge is 0.215 e. The highest BCUT2D eigenvalue weighted by atomic mass is 32.2. The molecule has 0 aliphatic heterocycles. The number of nitrogens with one attached hydrogen (secondary N) is 2. The monoisotopic (exact) mass is 300 g/mol. The molecule has 20 heavy (non-hydrogen) atoms. The van der Waals surface area contributed by atoms with Crippen molar-refractivity contribution in [1.29, 1.82) is 0 Å². The first-order valence-electron chi connectivity index (χ1n) is 6.93. The first-order valence-corrected chi connectivity index (χ1v) is 8.48. The van der Waals surface area contributed by atoms with Crippen LogP contribution < -0.4 is 10.0 Å². The van der Waals surface area contributed by atoms with Crippen LogP contribution in [-0.4, -0.2) is 32.8 Å². The summed E-state index contributed by atoms with van der Waals surface area (Å²) in [5.41, 5.74) is 0.915. The van der Waals surface area contributed by atoms with Crippen LogP contribution in [-0.2, 0) is 16.4 Å². The van der Waals surface area contributed by atoms with Gasteiger partial charge in [0.15, 0.2) is 0 Å². The fourth-order valence-corrected chi connectivity index (χ4v) is 2.85. The second-order valence-electron chi connectivity index (χ2n) is 5.31. The summed E-state index contributed by atoms with van der Waals surface area (Å²) in [5, 5.41) is 2.77. The van der Waals surface area contributed by atoms with Crippen LogP contribution in [0.1, 0.15) is 25.3 Å². The second kappa shape index (κ2) is 6.65. The van der Waals surface area contributed by atoms with Gasteiger partial charge in [0, 0.05) is 19.1 Å². The van der Waals surface area contributed by atoms with E-state index in [1.54, 1.807) is 19.1 Å².